The van der Waals surface area contributed by atoms with Crippen molar-refractivity contribution in [3.05, 3.63) is 22.2 Å². The summed E-state index contributed by atoms with van der Waals surface area (Å²) in [4.78, 5) is 21.3. The molecular formula is C12H5BrF10N2O4. The van der Waals surface area contributed by atoms with Crippen molar-refractivity contribution in [2.24, 2.45) is 0 Å². The lowest BCUT2D eigenvalue weighted by atomic mass is 9.93. The van der Waals surface area contributed by atoms with Gasteiger partial charge >= 0.3 is 36.3 Å². The summed E-state index contributed by atoms with van der Waals surface area (Å²) in [5.74, 6) is -5.87. The molecule has 0 aliphatic carbocycles. The van der Waals surface area contributed by atoms with E-state index in [1.165, 1.54) is 10.9 Å². The molecule has 6 nitrogen and oxygen atoms in total. The zero-order valence-corrected chi connectivity index (χ0v) is 14.6. The van der Waals surface area contributed by atoms with Gasteiger partial charge in [0.05, 0.1) is 0 Å². The largest absolute Gasteiger partial charge is 0.573 e. The van der Waals surface area contributed by atoms with Crippen molar-refractivity contribution in [1.29, 1.82) is 0 Å². The van der Waals surface area contributed by atoms with E-state index in [0.29, 0.717) is 0 Å². The highest BCUT2D eigenvalue weighted by Crippen LogP contribution is 2.55. The summed E-state index contributed by atoms with van der Waals surface area (Å²) in [5, 5.41) is 8.34. The number of carboxylic acid groups (broad SMARTS) is 1. The summed E-state index contributed by atoms with van der Waals surface area (Å²) in [5.41, 5.74) is -6.80. The van der Waals surface area contributed by atoms with Crippen LogP contribution in [0.5, 0.6) is 5.75 Å². The molecule has 0 atom stereocenters. The number of carbonyl (C=O) groups excluding carboxylic acids is 1. The number of alkyl halides is 10. The molecule has 0 spiro atoms. The van der Waals surface area contributed by atoms with Gasteiger partial charge < -0.3 is 9.84 Å². The fourth-order valence-electron chi connectivity index (χ4n) is 1.77. The highest BCUT2D eigenvalue weighted by atomic mass is 79.9. The Labute approximate surface area is 160 Å². The smallest absolute Gasteiger partial charge is 0.474 e. The third-order valence-corrected chi connectivity index (χ3v) is 3.58. The average molecular weight is 511 g/mol. The van der Waals surface area contributed by atoms with Gasteiger partial charge in [0.15, 0.2) is 5.75 Å². The van der Waals surface area contributed by atoms with E-state index in [2.05, 4.69) is 20.7 Å². The molecule has 0 aliphatic heterocycles. The number of nitrogens with one attached hydrogen (secondary N) is 2. The maximum Gasteiger partial charge on any atom is 0.573 e. The van der Waals surface area contributed by atoms with Crippen LogP contribution in [0, 0.1) is 0 Å². The first kappa shape index (κ1) is 24.6. The first-order valence-electron chi connectivity index (χ1n) is 6.52. The number of aliphatic carboxylic acids is 1. The normalized spacial score (nSPS) is 13.1. The minimum atomic E-state index is -6.63. The Kier molecular flexibility index (Phi) is 6.57. The highest BCUT2D eigenvalue weighted by molar-refractivity contribution is 9.10. The molecule has 0 heterocycles. The molecule has 29 heavy (non-hydrogen) atoms. The summed E-state index contributed by atoms with van der Waals surface area (Å²) < 4.78 is 131. The third kappa shape index (κ3) is 5.33. The topological polar surface area (TPSA) is 87.7 Å². The van der Waals surface area contributed by atoms with Crippen LogP contribution in [0.15, 0.2) is 16.6 Å². The van der Waals surface area contributed by atoms with Crippen molar-refractivity contribution in [2.45, 2.75) is 24.4 Å². The molecule has 3 N–H and O–H groups in total. The van der Waals surface area contributed by atoms with E-state index in [0.717, 1.165) is 0 Å². The number of anilines is 1. The molecule has 0 aromatic heterocycles. The molecule has 1 rings (SSSR count). The van der Waals surface area contributed by atoms with Gasteiger partial charge in [0.25, 0.3) is 0 Å². The van der Waals surface area contributed by atoms with Gasteiger partial charge in [-0.1, -0.05) is 0 Å². The lowest BCUT2D eigenvalue weighted by molar-refractivity contribution is -0.348. The van der Waals surface area contributed by atoms with E-state index in [9.17, 15) is 53.5 Å². The van der Waals surface area contributed by atoms with Crippen molar-refractivity contribution in [1.82, 2.24) is 5.43 Å². The Morgan fingerprint density at radius 2 is 1.41 bits per heavy atom. The first-order chi connectivity index (χ1) is 12.8. The van der Waals surface area contributed by atoms with Gasteiger partial charge in [0.1, 0.15) is 5.69 Å². The second-order valence-corrected chi connectivity index (χ2v) is 5.77. The monoisotopic (exact) mass is 510 g/mol. The SMILES string of the molecule is O=C(O)C(=O)NNc1c(Br)cc(C(F)(C(F)(F)F)C(F)(F)F)cc1OC(F)(F)F. The molecule has 1 amide bonds. The maximum atomic E-state index is 14.1. The van der Waals surface area contributed by atoms with Crippen LogP contribution in [-0.4, -0.2) is 35.7 Å². The summed E-state index contributed by atoms with van der Waals surface area (Å²) >= 11 is 2.31. The van der Waals surface area contributed by atoms with E-state index in [4.69, 9.17) is 5.11 Å². The minimum absolute atomic E-state index is 0.181. The number of carbonyl (C=O) groups is 2. The van der Waals surface area contributed by atoms with Crippen molar-refractivity contribution in [3.8, 4) is 5.75 Å². The average Bonchev–Trinajstić information content (AvgIpc) is 2.48. The Morgan fingerprint density at radius 1 is 0.931 bits per heavy atom. The van der Waals surface area contributed by atoms with Crippen LogP contribution in [0.4, 0.5) is 49.6 Å². The second-order valence-electron chi connectivity index (χ2n) is 4.92. The lowest BCUT2D eigenvalue weighted by Crippen LogP contribution is -2.50. The van der Waals surface area contributed by atoms with Gasteiger partial charge in [-0.3, -0.25) is 15.6 Å². The first-order valence-corrected chi connectivity index (χ1v) is 7.32. The molecule has 0 bridgehead atoms. The summed E-state index contributed by atoms with van der Waals surface area (Å²) in [7, 11) is 0. The van der Waals surface area contributed by atoms with Gasteiger partial charge in [-0.2, -0.15) is 26.3 Å². The molecule has 0 radical (unpaired) electrons. The number of hydrazine groups is 1. The predicted octanol–water partition coefficient (Wildman–Crippen LogP) is 4.16. The van der Waals surface area contributed by atoms with E-state index >= 15 is 0 Å². The van der Waals surface area contributed by atoms with Crippen LogP contribution in [0.3, 0.4) is 0 Å². The minimum Gasteiger partial charge on any atom is -0.474 e. The second kappa shape index (κ2) is 7.75. The zero-order valence-electron chi connectivity index (χ0n) is 13.0. The number of benzene rings is 1. The molecule has 1 aromatic carbocycles. The van der Waals surface area contributed by atoms with Gasteiger partial charge in [-0.15, -0.1) is 13.2 Å². The number of ether oxygens (including phenoxy) is 1. The van der Waals surface area contributed by atoms with Crippen molar-refractivity contribution in [2.75, 3.05) is 5.43 Å². The summed E-state index contributed by atoms with van der Waals surface area (Å²) in [6.07, 6.45) is -18.9. The van der Waals surface area contributed by atoms with Gasteiger partial charge in [0, 0.05) is 10.0 Å². The van der Waals surface area contributed by atoms with Gasteiger partial charge in [0.2, 0.25) is 0 Å². The summed E-state index contributed by atoms with van der Waals surface area (Å²) in [6, 6.07) is -0.742. The van der Waals surface area contributed by atoms with E-state index in [-0.39, 0.29) is 6.07 Å². The molecule has 0 saturated carbocycles. The van der Waals surface area contributed by atoms with Crippen LogP contribution in [0.25, 0.3) is 0 Å². The quantitative estimate of drug-likeness (QED) is 0.321. The highest BCUT2D eigenvalue weighted by Gasteiger charge is 2.73. The number of hydrogen-bond acceptors (Lipinski definition) is 4. The van der Waals surface area contributed by atoms with Crippen LogP contribution in [0.1, 0.15) is 5.56 Å². The van der Waals surface area contributed by atoms with Crippen molar-refractivity contribution in [3.63, 3.8) is 0 Å². The Bertz CT molecular complexity index is 792. The predicted molar refractivity (Wildman–Crippen MR) is 75.1 cm³/mol. The Morgan fingerprint density at radius 3 is 1.79 bits per heavy atom. The molecule has 0 aliphatic rings. The number of amides is 1. The standard InChI is InChI=1S/C12H5BrF10N2O4/c13-4-1-3(9(14,10(15,16)17)11(18,19)20)2-5(29-12(21,22)23)6(4)24-25-7(26)8(27)28/h1-2,24H,(H,25,26)(H,27,28). The number of rotatable bonds is 4. The number of halogens is 11. The summed E-state index contributed by atoms with van der Waals surface area (Å²) in [6.45, 7) is 0. The van der Waals surface area contributed by atoms with Gasteiger partial charge in [-0.25, -0.2) is 9.18 Å². The Hall–Kier alpha value is -2.46. The molecule has 0 saturated heterocycles. The fourth-order valence-corrected chi connectivity index (χ4v) is 2.31. The van der Waals surface area contributed by atoms with E-state index in [1.807, 2.05) is 0 Å². The fraction of sp³-hybridized carbons (Fsp3) is 0.333. The van der Waals surface area contributed by atoms with Gasteiger partial charge in [-0.05, 0) is 28.1 Å². The molecule has 17 heteroatoms. The third-order valence-electron chi connectivity index (χ3n) is 2.95. The molecule has 0 fully saturated rings. The molecule has 164 valence electrons. The number of hydrogen-bond donors (Lipinski definition) is 3. The van der Waals surface area contributed by atoms with Crippen molar-refractivity contribution >= 4 is 33.5 Å². The van der Waals surface area contributed by atoms with Crippen LogP contribution in [0.2, 0.25) is 0 Å². The van der Waals surface area contributed by atoms with E-state index in [1.54, 1.807) is 0 Å². The Balaban J connectivity index is 3.65. The lowest BCUT2D eigenvalue weighted by Gasteiger charge is -2.31. The number of carboxylic acids is 1. The van der Waals surface area contributed by atoms with Crippen LogP contribution < -0.4 is 15.6 Å². The van der Waals surface area contributed by atoms with Crippen LogP contribution >= 0.6 is 15.9 Å². The van der Waals surface area contributed by atoms with E-state index < -0.39 is 63.8 Å². The molecule has 1 aromatic rings. The maximum absolute atomic E-state index is 14.1. The zero-order chi connectivity index (χ0) is 23.0. The molecule has 0 unspecified atom stereocenters. The van der Waals surface area contributed by atoms with Crippen molar-refractivity contribution < 1.29 is 63.3 Å². The molecular weight excluding hydrogens is 506 g/mol. The van der Waals surface area contributed by atoms with Crippen LogP contribution in [-0.2, 0) is 15.3 Å².